The Morgan fingerprint density at radius 3 is 2.41 bits per heavy atom. The van der Waals surface area contributed by atoms with Gasteiger partial charge in [0.05, 0.1) is 12.3 Å². The van der Waals surface area contributed by atoms with Crippen molar-refractivity contribution in [2.24, 2.45) is 4.99 Å². The summed E-state index contributed by atoms with van der Waals surface area (Å²) in [6, 6.07) is 18.1. The molecule has 0 bridgehead atoms. The van der Waals surface area contributed by atoms with Crippen LogP contribution in [-0.4, -0.2) is 52.6 Å². The number of nitrogens with one attached hydrogen (secondary N) is 2. The van der Waals surface area contributed by atoms with E-state index in [2.05, 4.69) is 27.8 Å². The maximum absolute atomic E-state index is 11.3. The Hall–Kier alpha value is -1.81. The van der Waals surface area contributed by atoms with E-state index in [4.69, 9.17) is 4.74 Å². The molecule has 0 aromatic heterocycles. The van der Waals surface area contributed by atoms with Gasteiger partial charge in [0.2, 0.25) is 0 Å². The van der Waals surface area contributed by atoms with Gasteiger partial charge < -0.3 is 15.4 Å². The van der Waals surface area contributed by atoms with Gasteiger partial charge in [-0.25, -0.2) is 8.42 Å². The van der Waals surface area contributed by atoms with E-state index >= 15 is 0 Å². The Labute approximate surface area is 191 Å². The number of aliphatic imine (C=N–C) groups is 1. The minimum absolute atomic E-state index is 0. The molecular formula is C21H30IN3O3S. The summed E-state index contributed by atoms with van der Waals surface area (Å²) < 4.78 is 28.5. The van der Waals surface area contributed by atoms with Crippen molar-refractivity contribution in [3.05, 3.63) is 54.6 Å². The van der Waals surface area contributed by atoms with Gasteiger partial charge in [0.15, 0.2) is 5.96 Å². The molecule has 160 valence electrons. The van der Waals surface area contributed by atoms with E-state index in [1.54, 1.807) is 7.05 Å². The number of hydrogen-bond acceptors (Lipinski definition) is 4. The average Bonchev–Trinajstić information content (AvgIpc) is 2.69. The number of benzene rings is 2. The molecule has 0 aliphatic heterocycles. The highest BCUT2D eigenvalue weighted by atomic mass is 127. The minimum Gasteiger partial charge on any atom is -0.491 e. The molecule has 1 atom stereocenters. The van der Waals surface area contributed by atoms with Crippen molar-refractivity contribution in [1.82, 2.24) is 10.6 Å². The number of hydrogen-bond donors (Lipinski definition) is 2. The summed E-state index contributed by atoms with van der Waals surface area (Å²) in [6.07, 6.45) is 1.78. The van der Waals surface area contributed by atoms with Gasteiger partial charge in [0.25, 0.3) is 0 Å². The van der Waals surface area contributed by atoms with Gasteiger partial charge in [0.1, 0.15) is 22.2 Å². The second-order valence-electron chi connectivity index (χ2n) is 6.67. The molecule has 6 nitrogen and oxygen atoms in total. The summed E-state index contributed by atoms with van der Waals surface area (Å²) in [6.45, 7) is 2.98. The molecule has 0 aliphatic rings. The van der Waals surface area contributed by atoms with Gasteiger partial charge in [-0.3, -0.25) is 4.99 Å². The molecule has 0 spiro atoms. The molecule has 0 heterocycles. The van der Waals surface area contributed by atoms with Crippen LogP contribution in [0, 0.1) is 0 Å². The summed E-state index contributed by atoms with van der Waals surface area (Å²) in [7, 11) is -1.28. The summed E-state index contributed by atoms with van der Waals surface area (Å²) in [5.74, 6) is 1.61. The molecular weight excluding hydrogens is 501 g/mol. The predicted octanol–water partition coefficient (Wildman–Crippen LogP) is 3.34. The highest BCUT2D eigenvalue weighted by molar-refractivity contribution is 14.0. The van der Waals surface area contributed by atoms with E-state index in [0.717, 1.165) is 16.9 Å². The molecule has 0 fully saturated rings. The summed E-state index contributed by atoms with van der Waals surface area (Å²) in [4.78, 5) is 4.17. The van der Waals surface area contributed by atoms with Crippen molar-refractivity contribution in [2.75, 3.05) is 32.2 Å². The first-order chi connectivity index (χ1) is 13.4. The molecule has 2 aromatic carbocycles. The van der Waals surface area contributed by atoms with E-state index < -0.39 is 9.84 Å². The molecule has 2 N–H and O–H groups in total. The van der Waals surface area contributed by atoms with E-state index in [1.165, 1.54) is 6.26 Å². The lowest BCUT2D eigenvalue weighted by Gasteiger charge is -2.18. The monoisotopic (exact) mass is 531 g/mol. The van der Waals surface area contributed by atoms with Crippen LogP contribution in [0.2, 0.25) is 0 Å². The number of para-hydroxylation sites is 1. The molecule has 0 amide bonds. The third-order valence-electron chi connectivity index (χ3n) is 4.15. The molecule has 8 heteroatoms. The van der Waals surface area contributed by atoms with E-state index in [0.29, 0.717) is 25.5 Å². The van der Waals surface area contributed by atoms with Gasteiger partial charge in [-0.15, -0.1) is 24.0 Å². The number of nitrogens with zero attached hydrogens (tertiary/aromatic N) is 1. The third kappa shape index (κ3) is 9.49. The standard InChI is InChI=1S/C21H29N3O3S.HI/c1-17(13-16-28(3,25)26)24-21(22-2)23-14-15-27-20-12-8-7-11-19(20)18-9-5-4-6-10-18;/h4-12,17H,13-16H2,1-3H3,(H2,22,23,24);1H. The molecule has 0 aliphatic carbocycles. The lowest BCUT2D eigenvalue weighted by Crippen LogP contribution is -2.44. The summed E-state index contributed by atoms with van der Waals surface area (Å²) >= 11 is 0. The van der Waals surface area contributed by atoms with Gasteiger partial charge in [-0.05, 0) is 25.0 Å². The van der Waals surface area contributed by atoms with Crippen molar-refractivity contribution in [3.63, 3.8) is 0 Å². The van der Waals surface area contributed by atoms with Gasteiger partial charge in [0, 0.05) is 24.9 Å². The second-order valence-corrected chi connectivity index (χ2v) is 8.93. The van der Waals surface area contributed by atoms with Crippen molar-refractivity contribution in [3.8, 4) is 16.9 Å². The van der Waals surface area contributed by atoms with Crippen molar-refractivity contribution < 1.29 is 13.2 Å². The Morgan fingerprint density at radius 2 is 1.76 bits per heavy atom. The van der Waals surface area contributed by atoms with Gasteiger partial charge in [-0.2, -0.15) is 0 Å². The number of halogens is 1. The first-order valence-corrected chi connectivity index (χ1v) is 11.4. The maximum Gasteiger partial charge on any atom is 0.191 e. The Bertz CT molecular complexity index is 874. The van der Waals surface area contributed by atoms with Crippen LogP contribution in [0.1, 0.15) is 13.3 Å². The zero-order chi connectivity index (χ0) is 20.4. The number of guanidine groups is 1. The Kier molecular flexibility index (Phi) is 11.0. The van der Waals surface area contributed by atoms with Crippen molar-refractivity contribution in [2.45, 2.75) is 19.4 Å². The lowest BCUT2D eigenvalue weighted by molar-refractivity contribution is 0.323. The molecule has 2 rings (SSSR count). The maximum atomic E-state index is 11.3. The van der Waals surface area contributed by atoms with Gasteiger partial charge in [-0.1, -0.05) is 48.5 Å². The predicted molar refractivity (Wildman–Crippen MR) is 131 cm³/mol. The molecule has 0 saturated carbocycles. The van der Waals surface area contributed by atoms with Crippen LogP contribution in [0.15, 0.2) is 59.6 Å². The third-order valence-corrected chi connectivity index (χ3v) is 5.13. The molecule has 29 heavy (non-hydrogen) atoms. The van der Waals surface area contributed by atoms with E-state index in [-0.39, 0.29) is 35.8 Å². The first kappa shape index (κ1) is 25.2. The highest BCUT2D eigenvalue weighted by Crippen LogP contribution is 2.29. The van der Waals surface area contributed by atoms with E-state index in [9.17, 15) is 8.42 Å². The largest absolute Gasteiger partial charge is 0.491 e. The zero-order valence-corrected chi connectivity index (χ0v) is 20.2. The van der Waals surface area contributed by atoms with Crippen LogP contribution in [0.25, 0.3) is 11.1 Å². The second kappa shape index (κ2) is 12.7. The molecule has 1 unspecified atom stereocenters. The van der Waals surface area contributed by atoms with Crippen LogP contribution < -0.4 is 15.4 Å². The Morgan fingerprint density at radius 1 is 1.10 bits per heavy atom. The Balaban J connectivity index is 0.00000420. The van der Waals surface area contributed by atoms with E-state index in [1.807, 2.05) is 49.4 Å². The SMILES string of the molecule is CN=C(NCCOc1ccccc1-c1ccccc1)NC(C)CCS(C)(=O)=O.I. The van der Waals surface area contributed by atoms with Crippen LogP contribution in [0.5, 0.6) is 5.75 Å². The smallest absolute Gasteiger partial charge is 0.191 e. The average molecular weight is 531 g/mol. The molecule has 0 saturated heterocycles. The van der Waals surface area contributed by atoms with Crippen LogP contribution in [-0.2, 0) is 9.84 Å². The van der Waals surface area contributed by atoms with Gasteiger partial charge >= 0.3 is 0 Å². The van der Waals surface area contributed by atoms with Crippen LogP contribution >= 0.6 is 24.0 Å². The summed E-state index contributed by atoms with van der Waals surface area (Å²) in [5, 5.41) is 6.39. The lowest BCUT2D eigenvalue weighted by atomic mass is 10.1. The first-order valence-electron chi connectivity index (χ1n) is 9.31. The minimum atomic E-state index is -2.96. The fourth-order valence-corrected chi connectivity index (χ4v) is 3.45. The number of sulfone groups is 1. The van der Waals surface area contributed by atoms with Crippen molar-refractivity contribution in [1.29, 1.82) is 0 Å². The highest BCUT2D eigenvalue weighted by Gasteiger charge is 2.10. The molecule has 0 radical (unpaired) electrons. The number of ether oxygens (including phenoxy) is 1. The fourth-order valence-electron chi connectivity index (χ4n) is 2.67. The van der Waals surface area contributed by atoms with Crippen LogP contribution in [0.4, 0.5) is 0 Å². The number of rotatable bonds is 9. The summed E-state index contributed by atoms with van der Waals surface area (Å²) in [5.41, 5.74) is 2.17. The zero-order valence-electron chi connectivity index (χ0n) is 17.1. The van der Waals surface area contributed by atoms with Crippen molar-refractivity contribution >= 4 is 39.8 Å². The topological polar surface area (TPSA) is 79.8 Å². The van der Waals surface area contributed by atoms with Crippen LogP contribution in [0.3, 0.4) is 0 Å². The molecule has 2 aromatic rings. The fraction of sp³-hybridized carbons (Fsp3) is 0.381. The quantitative estimate of drug-likeness (QED) is 0.225. The normalized spacial score (nSPS) is 12.6.